The van der Waals surface area contributed by atoms with Crippen molar-refractivity contribution in [2.24, 2.45) is 0 Å². The number of benzene rings is 1. The Balaban J connectivity index is 0.000000255. The van der Waals surface area contributed by atoms with Gasteiger partial charge in [-0.3, -0.25) is 4.79 Å². The van der Waals surface area contributed by atoms with Crippen LogP contribution in [0.25, 0.3) is 0 Å². The summed E-state index contributed by atoms with van der Waals surface area (Å²) in [6.45, 7) is 3.36. The van der Waals surface area contributed by atoms with Gasteiger partial charge in [-0.15, -0.1) is 0 Å². The maximum Gasteiger partial charge on any atom is 0.150 e. The van der Waals surface area contributed by atoms with E-state index in [1.54, 1.807) is 12.1 Å². The lowest BCUT2D eigenvalue weighted by atomic mass is 10.2. The van der Waals surface area contributed by atoms with Crippen LogP contribution in [0, 0.1) is 0 Å². The third kappa shape index (κ3) is 7.50. The zero-order valence-corrected chi connectivity index (χ0v) is 8.99. The second kappa shape index (κ2) is 9.93. The summed E-state index contributed by atoms with van der Waals surface area (Å²) in [6, 6.07) is 9.10. The summed E-state index contributed by atoms with van der Waals surface area (Å²) >= 11 is 0. The van der Waals surface area contributed by atoms with Crippen LogP contribution in [0.2, 0.25) is 0 Å². The Bertz CT molecular complexity index is 217. The van der Waals surface area contributed by atoms with Crippen molar-refractivity contribution in [3.05, 3.63) is 35.9 Å². The van der Waals surface area contributed by atoms with Gasteiger partial charge in [-0.25, -0.2) is 0 Å². The van der Waals surface area contributed by atoms with Crippen molar-refractivity contribution in [3.8, 4) is 0 Å². The maximum atomic E-state index is 10.0. The minimum Gasteiger partial charge on any atom is -0.320 e. The summed E-state index contributed by atoms with van der Waals surface area (Å²) in [6.07, 6.45) is 3.43. The predicted octanol–water partition coefficient (Wildman–Crippen LogP) is 2.51. The average molecular weight is 193 g/mol. The van der Waals surface area contributed by atoms with Gasteiger partial charge in [0.05, 0.1) is 0 Å². The Labute approximate surface area is 86.3 Å². The molecule has 1 aromatic rings. The van der Waals surface area contributed by atoms with E-state index in [2.05, 4.69) is 12.2 Å². The van der Waals surface area contributed by atoms with Crippen molar-refractivity contribution < 1.29 is 4.79 Å². The Morgan fingerprint density at radius 2 is 1.93 bits per heavy atom. The summed E-state index contributed by atoms with van der Waals surface area (Å²) in [5.41, 5.74) is 0.729. The highest BCUT2D eigenvalue weighted by molar-refractivity contribution is 5.74. The van der Waals surface area contributed by atoms with Crippen molar-refractivity contribution in [1.29, 1.82) is 0 Å². The lowest BCUT2D eigenvalue weighted by molar-refractivity contribution is 0.112. The van der Waals surface area contributed by atoms with Gasteiger partial charge in [0, 0.05) is 5.56 Å². The number of hydrogen-bond donors (Lipinski definition) is 1. The summed E-state index contributed by atoms with van der Waals surface area (Å²) in [7, 11) is 1.98. The molecule has 0 atom stereocenters. The molecule has 0 saturated heterocycles. The highest BCUT2D eigenvalue weighted by Gasteiger charge is 1.80. The quantitative estimate of drug-likeness (QED) is 0.588. The van der Waals surface area contributed by atoms with E-state index in [9.17, 15) is 4.79 Å². The van der Waals surface area contributed by atoms with Crippen molar-refractivity contribution in [2.75, 3.05) is 13.6 Å². The predicted molar refractivity (Wildman–Crippen MR) is 60.7 cm³/mol. The van der Waals surface area contributed by atoms with E-state index < -0.39 is 0 Å². The molecule has 0 amide bonds. The van der Waals surface area contributed by atoms with Gasteiger partial charge in [-0.1, -0.05) is 43.7 Å². The molecule has 0 aromatic heterocycles. The molecule has 14 heavy (non-hydrogen) atoms. The minimum atomic E-state index is 0.729. The number of carbonyl (C=O) groups excluding carboxylic acids is 1. The molecule has 0 aliphatic carbocycles. The first-order valence-electron chi connectivity index (χ1n) is 5.00. The fourth-order valence-corrected chi connectivity index (χ4v) is 0.885. The van der Waals surface area contributed by atoms with Crippen LogP contribution >= 0.6 is 0 Å². The third-order valence-electron chi connectivity index (χ3n) is 1.72. The molecule has 1 rings (SSSR count). The first-order chi connectivity index (χ1) is 6.85. The zero-order valence-electron chi connectivity index (χ0n) is 8.99. The molecule has 0 unspecified atom stereocenters. The molecule has 78 valence electrons. The highest BCUT2D eigenvalue weighted by Crippen LogP contribution is 1.91. The van der Waals surface area contributed by atoms with Gasteiger partial charge in [-0.05, 0) is 20.0 Å². The Kier molecular flexibility index (Phi) is 9.12. The fraction of sp³-hybridized carbons (Fsp3) is 0.417. The summed E-state index contributed by atoms with van der Waals surface area (Å²) in [4.78, 5) is 10.0. The molecule has 0 bridgehead atoms. The Morgan fingerprint density at radius 3 is 2.21 bits per heavy atom. The Morgan fingerprint density at radius 1 is 1.29 bits per heavy atom. The largest absolute Gasteiger partial charge is 0.320 e. The van der Waals surface area contributed by atoms with E-state index in [1.807, 2.05) is 25.2 Å². The lowest BCUT2D eigenvalue weighted by Crippen LogP contribution is -2.06. The number of carbonyl (C=O) groups is 1. The molecule has 0 radical (unpaired) electrons. The van der Waals surface area contributed by atoms with Gasteiger partial charge in [0.1, 0.15) is 6.29 Å². The monoisotopic (exact) mass is 193 g/mol. The molecule has 2 nitrogen and oxygen atoms in total. The molecular weight excluding hydrogens is 174 g/mol. The molecular formula is C12H19NO. The van der Waals surface area contributed by atoms with Gasteiger partial charge in [0.25, 0.3) is 0 Å². The van der Waals surface area contributed by atoms with Crippen molar-refractivity contribution in [1.82, 2.24) is 5.32 Å². The van der Waals surface area contributed by atoms with Crippen LogP contribution in [0.1, 0.15) is 30.1 Å². The van der Waals surface area contributed by atoms with Crippen molar-refractivity contribution >= 4 is 6.29 Å². The first-order valence-corrected chi connectivity index (χ1v) is 5.00. The highest BCUT2D eigenvalue weighted by atomic mass is 16.1. The molecule has 0 aliphatic rings. The SMILES string of the molecule is CCCCNC.O=Cc1ccccc1. The van der Waals surface area contributed by atoms with E-state index >= 15 is 0 Å². The molecule has 0 aliphatic heterocycles. The number of unbranched alkanes of at least 4 members (excludes halogenated alkanes) is 1. The van der Waals surface area contributed by atoms with Gasteiger partial charge >= 0.3 is 0 Å². The van der Waals surface area contributed by atoms with Crippen LogP contribution in [-0.2, 0) is 0 Å². The number of rotatable bonds is 4. The van der Waals surface area contributed by atoms with Crippen LogP contribution in [0.3, 0.4) is 0 Å². The Hall–Kier alpha value is -1.15. The van der Waals surface area contributed by atoms with Gasteiger partial charge in [0.15, 0.2) is 0 Å². The number of aldehydes is 1. The van der Waals surface area contributed by atoms with Crippen molar-refractivity contribution in [3.63, 3.8) is 0 Å². The fourth-order valence-electron chi connectivity index (χ4n) is 0.885. The molecule has 1 N–H and O–H groups in total. The van der Waals surface area contributed by atoms with Gasteiger partial charge in [-0.2, -0.15) is 0 Å². The van der Waals surface area contributed by atoms with E-state index in [0.717, 1.165) is 18.4 Å². The first kappa shape index (κ1) is 12.8. The topological polar surface area (TPSA) is 29.1 Å². The lowest BCUT2D eigenvalue weighted by Gasteiger charge is -1.89. The molecule has 2 heteroatoms. The van der Waals surface area contributed by atoms with Crippen molar-refractivity contribution in [2.45, 2.75) is 19.8 Å². The van der Waals surface area contributed by atoms with Crippen LogP contribution in [-0.4, -0.2) is 19.9 Å². The average Bonchev–Trinajstić information content (AvgIpc) is 2.28. The van der Waals surface area contributed by atoms with Crippen LogP contribution in [0.15, 0.2) is 30.3 Å². The molecule has 0 saturated carbocycles. The van der Waals surface area contributed by atoms with E-state index in [1.165, 1.54) is 12.8 Å². The van der Waals surface area contributed by atoms with Gasteiger partial charge in [0.2, 0.25) is 0 Å². The van der Waals surface area contributed by atoms with Crippen LogP contribution in [0.4, 0.5) is 0 Å². The maximum absolute atomic E-state index is 10.0. The minimum absolute atomic E-state index is 0.729. The molecule has 0 heterocycles. The van der Waals surface area contributed by atoms with Crippen LogP contribution < -0.4 is 5.32 Å². The summed E-state index contributed by atoms with van der Waals surface area (Å²) in [5, 5.41) is 3.07. The standard InChI is InChI=1S/C7H6O.C5H13N/c8-6-7-4-2-1-3-5-7;1-3-4-5-6-2/h1-6H;6H,3-5H2,1-2H3. The smallest absolute Gasteiger partial charge is 0.150 e. The van der Waals surface area contributed by atoms with E-state index in [-0.39, 0.29) is 0 Å². The van der Waals surface area contributed by atoms with Gasteiger partial charge < -0.3 is 5.32 Å². The summed E-state index contributed by atoms with van der Waals surface area (Å²) in [5.74, 6) is 0. The zero-order chi connectivity index (χ0) is 10.6. The van der Waals surface area contributed by atoms with E-state index in [4.69, 9.17) is 0 Å². The second-order valence-electron chi connectivity index (χ2n) is 2.99. The number of hydrogen-bond acceptors (Lipinski definition) is 2. The molecule has 1 aromatic carbocycles. The van der Waals surface area contributed by atoms with E-state index in [0.29, 0.717) is 0 Å². The van der Waals surface area contributed by atoms with Crippen LogP contribution in [0.5, 0.6) is 0 Å². The second-order valence-corrected chi connectivity index (χ2v) is 2.99. The molecule has 0 fully saturated rings. The summed E-state index contributed by atoms with van der Waals surface area (Å²) < 4.78 is 0. The number of nitrogens with one attached hydrogen (secondary N) is 1. The molecule has 0 spiro atoms. The third-order valence-corrected chi connectivity index (χ3v) is 1.72. The normalized spacial score (nSPS) is 8.71.